The summed E-state index contributed by atoms with van der Waals surface area (Å²) in [5.41, 5.74) is 1.42. The van der Waals surface area contributed by atoms with Gasteiger partial charge in [0.2, 0.25) is 0 Å². The van der Waals surface area contributed by atoms with Crippen molar-refractivity contribution in [3.05, 3.63) is 83.9 Å². The van der Waals surface area contributed by atoms with E-state index in [1.807, 2.05) is 60.7 Å². The van der Waals surface area contributed by atoms with Crippen molar-refractivity contribution in [3.63, 3.8) is 0 Å². The number of benzene rings is 2. The van der Waals surface area contributed by atoms with Crippen LogP contribution in [0.5, 0.6) is 0 Å². The summed E-state index contributed by atoms with van der Waals surface area (Å²) >= 11 is 0. The molecule has 2 bridgehead atoms. The third-order valence-electron chi connectivity index (χ3n) is 5.18. The molecule has 0 amide bonds. The van der Waals surface area contributed by atoms with E-state index < -0.39 is 0 Å². The molecule has 114 valence electrons. The molecule has 0 radical (unpaired) electrons. The molecule has 2 nitrogen and oxygen atoms in total. The van der Waals surface area contributed by atoms with Crippen LogP contribution in [-0.2, 0) is 0 Å². The number of Topliss-reactive ketones (excluding diaryl/α,β-unsaturated/α-hetero) is 2. The van der Waals surface area contributed by atoms with Crippen LogP contribution < -0.4 is 0 Å². The van der Waals surface area contributed by atoms with Crippen LogP contribution in [0.25, 0.3) is 0 Å². The second-order valence-electron chi connectivity index (χ2n) is 6.46. The molecular formula is C21H18O2. The van der Waals surface area contributed by atoms with Gasteiger partial charge in [0, 0.05) is 23.0 Å². The summed E-state index contributed by atoms with van der Waals surface area (Å²) in [6, 6.07) is 18.7. The minimum atomic E-state index is -0.222. The number of hydrogen-bond donors (Lipinski definition) is 0. The minimum Gasteiger partial charge on any atom is -0.294 e. The van der Waals surface area contributed by atoms with E-state index in [1.165, 1.54) is 0 Å². The van der Waals surface area contributed by atoms with Crippen molar-refractivity contribution >= 4 is 11.6 Å². The monoisotopic (exact) mass is 302 g/mol. The van der Waals surface area contributed by atoms with E-state index in [1.54, 1.807) is 0 Å². The average Bonchev–Trinajstić information content (AvgIpc) is 3.23. The molecule has 1 fully saturated rings. The highest BCUT2D eigenvalue weighted by atomic mass is 16.1. The molecule has 0 aromatic heterocycles. The number of rotatable bonds is 4. The van der Waals surface area contributed by atoms with Gasteiger partial charge in [-0.15, -0.1) is 0 Å². The molecule has 4 atom stereocenters. The van der Waals surface area contributed by atoms with Crippen LogP contribution in [0.15, 0.2) is 72.8 Å². The van der Waals surface area contributed by atoms with E-state index in [0.717, 1.165) is 6.42 Å². The highest BCUT2D eigenvalue weighted by Crippen LogP contribution is 2.50. The molecule has 2 heteroatoms. The lowest BCUT2D eigenvalue weighted by atomic mass is 9.75. The van der Waals surface area contributed by atoms with E-state index in [0.29, 0.717) is 11.1 Å². The predicted molar refractivity (Wildman–Crippen MR) is 89.3 cm³/mol. The number of carbonyl (C=O) groups is 2. The first-order chi connectivity index (χ1) is 11.3. The summed E-state index contributed by atoms with van der Waals surface area (Å²) in [5.74, 6) is 0.171. The fourth-order valence-electron chi connectivity index (χ4n) is 4.13. The Morgan fingerprint density at radius 2 is 1.04 bits per heavy atom. The van der Waals surface area contributed by atoms with E-state index >= 15 is 0 Å². The number of allylic oxidation sites excluding steroid dienone is 2. The SMILES string of the molecule is O=C(c1ccccc1)[C@@H]1[C@@H](C(=O)c2ccccc2)[C@@H]2C=C[C@@H]1C2. The Balaban J connectivity index is 1.69. The first-order valence-corrected chi connectivity index (χ1v) is 8.12. The van der Waals surface area contributed by atoms with Crippen LogP contribution in [0.2, 0.25) is 0 Å². The Morgan fingerprint density at radius 3 is 1.43 bits per heavy atom. The summed E-state index contributed by atoms with van der Waals surface area (Å²) in [7, 11) is 0. The van der Waals surface area contributed by atoms with Crippen molar-refractivity contribution < 1.29 is 9.59 Å². The standard InChI is InChI=1S/C21H18O2/c22-20(14-7-3-1-4-8-14)18-16-11-12-17(13-16)19(18)21(23)15-9-5-2-6-10-15/h1-12,16-19H,13H2/t16-,17-,18+,19+/m1/s1. The first kappa shape index (κ1) is 14.1. The van der Waals surface area contributed by atoms with Crippen molar-refractivity contribution in [2.24, 2.45) is 23.7 Å². The molecule has 0 N–H and O–H groups in total. The smallest absolute Gasteiger partial charge is 0.167 e. The summed E-state index contributed by atoms with van der Waals surface area (Å²) in [4.78, 5) is 26.0. The van der Waals surface area contributed by atoms with Gasteiger partial charge in [-0.3, -0.25) is 9.59 Å². The van der Waals surface area contributed by atoms with Gasteiger partial charge in [-0.2, -0.15) is 0 Å². The van der Waals surface area contributed by atoms with Crippen molar-refractivity contribution in [2.75, 3.05) is 0 Å². The van der Waals surface area contributed by atoms with Crippen LogP contribution in [0.1, 0.15) is 27.1 Å². The van der Waals surface area contributed by atoms with Gasteiger partial charge >= 0.3 is 0 Å². The molecule has 0 saturated heterocycles. The van der Waals surface area contributed by atoms with Gasteiger partial charge in [-0.05, 0) is 18.3 Å². The Bertz CT molecular complexity index is 695. The second kappa shape index (κ2) is 5.62. The van der Waals surface area contributed by atoms with Crippen molar-refractivity contribution in [1.29, 1.82) is 0 Å². The molecule has 2 aromatic rings. The van der Waals surface area contributed by atoms with Gasteiger partial charge in [0.25, 0.3) is 0 Å². The molecule has 2 aromatic carbocycles. The quantitative estimate of drug-likeness (QED) is 0.627. The van der Waals surface area contributed by atoms with Gasteiger partial charge in [0.05, 0.1) is 0 Å². The first-order valence-electron chi connectivity index (χ1n) is 8.12. The molecule has 0 aliphatic heterocycles. The molecule has 2 aliphatic rings. The molecular weight excluding hydrogens is 284 g/mol. The maximum atomic E-state index is 13.0. The third kappa shape index (κ3) is 2.35. The van der Waals surface area contributed by atoms with Gasteiger partial charge in [-0.1, -0.05) is 72.8 Å². The Labute approximate surface area is 135 Å². The fourth-order valence-corrected chi connectivity index (χ4v) is 4.13. The van der Waals surface area contributed by atoms with Crippen LogP contribution in [0.3, 0.4) is 0 Å². The number of fused-ring (bicyclic) bond motifs is 2. The zero-order valence-corrected chi connectivity index (χ0v) is 12.8. The average molecular weight is 302 g/mol. The predicted octanol–water partition coefficient (Wildman–Crippen LogP) is 4.19. The summed E-state index contributed by atoms with van der Waals surface area (Å²) < 4.78 is 0. The highest BCUT2D eigenvalue weighted by molar-refractivity contribution is 6.06. The van der Waals surface area contributed by atoms with E-state index in [4.69, 9.17) is 0 Å². The Morgan fingerprint density at radius 1 is 0.652 bits per heavy atom. The van der Waals surface area contributed by atoms with Gasteiger partial charge in [0.15, 0.2) is 11.6 Å². The summed E-state index contributed by atoms with van der Waals surface area (Å²) in [5, 5.41) is 0. The molecule has 4 rings (SSSR count). The summed E-state index contributed by atoms with van der Waals surface area (Å²) in [6.07, 6.45) is 5.18. The molecule has 0 heterocycles. The lowest BCUT2D eigenvalue weighted by Crippen LogP contribution is -2.33. The number of carbonyl (C=O) groups excluding carboxylic acids is 2. The van der Waals surface area contributed by atoms with E-state index in [9.17, 15) is 9.59 Å². The van der Waals surface area contributed by atoms with Crippen LogP contribution in [-0.4, -0.2) is 11.6 Å². The maximum absolute atomic E-state index is 13.0. The zero-order chi connectivity index (χ0) is 15.8. The zero-order valence-electron chi connectivity index (χ0n) is 12.8. The lowest BCUT2D eigenvalue weighted by molar-refractivity contribution is 0.0752. The fraction of sp³-hybridized carbons (Fsp3) is 0.238. The minimum absolute atomic E-state index is 0.108. The maximum Gasteiger partial charge on any atom is 0.167 e. The normalized spacial score (nSPS) is 28.0. The van der Waals surface area contributed by atoms with Gasteiger partial charge in [0.1, 0.15) is 0 Å². The van der Waals surface area contributed by atoms with Crippen LogP contribution >= 0.6 is 0 Å². The van der Waals surface area contributed by atoms with E-state index in [-0.39, 0.29) is 35.2 Å². The molecule has 1 saturated carbocycles. The van der Waals surface area contributed by atoms with Crippen molar-refractivity contribution in [3.8, 4) is 0 Å². The highest BCUT2D eigenvalue weighted by Gasteiger charge is 2.51. The van der Waals surface area contributed by atoms with Gasteiger partial charge < -0.3 is 0 Å². The Hall–Kier alpha value is -2.48. The Kier molecular flexibility index (Phi) is 3.45. The topological polar surface area (TPSA) is 34.1 Å². The summed E-state index contributed by atoms with van der Waals surface area (Å²) in [6.45, 7) is 0. The van der Waals surface area contributed by atoms with E-state index in [2.05, 4.69) is 12.2 Å². The second-order valence-corrected chi connectivity index (χ2v) is 6.46. The molecule has 0 unspecified atom stereocenters. The number of ketones is 2. The van der Waals surface area contributed by atoms with Crippen molar-refractivity contribution in [2.45, 2.75) is 6.42 Å². The molecule has 23 heavy (non-hydrogen) atoms. The lowest BCUT2D eigenvalue weighted by Gasteiger charge is -2.26. The van der Waals surface area contributed by atoms with Gasteiger partial charge in [-0.25, -0.2) is 0 Å². The largest absolute Gasteiger partial charge is 0.294 e. The molecule has 2 aliphatic carbocycles. The number of hydrogen-bond acceptors (Lipinski definition) is 2. The van der Waals surface area contributed by atoms with Crippen LogP contribution in [0, 0.1) is 23.7 Å². The third-order valence-corrected chi connectivity index (χ3v) is 5.18. The van der Waals surface area contributed by atoms with Crippen LogP contribution in [0.4, 0.5) is 0 Å². The van der Waals surface area contributed by atoms with Crippen molar-refractivity contribution in [1.82, 2.24) is 0 Å². The molecule has 0 spiro atoms.